The lowest BCUT2D eigenvalue weighted by atomic mass is 10.1. The van der Waals surface area contributed by atoms with Crippen molar-refractivity contribution in [2.45, 2.75) is 0 Å². The highest BCUT2D eigenvalue weighted by atomic mass is 127. The van der Waals surface area contributed by atoms with E-state index in [1.807, 2.05) is 36.4 Å². The maximum Gasteiger partial charge on any atom is 0.262 e. The standard InChI is InChI=1S/C18H18N3O2S.HI/c1-20-15-6-4-5-7-17(15)24-18(20)11-9-13-8-10-14(21(2)19-22)16(12-13)23-3;/h4-12H,1-3H3;1H/q+1;/p-1. The van der Waals surface area contributed by atoms with Crippen molar-refractivity contribution < 1.29 is 33.3 Å². The number of thiazole rings is 1. The minimum atomic E-state index is 0. The van der Waals surface area contributed by atoms with Crippen LogP contribution in [0.5, 0.6) is 5.75 Å². The Kier molecular flexibility index (Phi) is 6.49. The molecule has 1 aromatic heterocycles. The van der Waals surface area contributed by atoms with Gasteiger partial charge >= 0.3 is 0 Å². The maximum atomic E-state index is 10.7. The van der Waals surface area contributed by atoms with Gasteiger partial charge in [-0.1, -0.05) is 29.5 Å². The minimum Gasteiger partial charge on any atom is -1.00 e. The fourth-order valence-electron chi connectivity index (χ4n) is 2.54. The van der Waals surface area contributed by atoms with Crippen molar-refractivity contribution in [1.82, 2.24) is 0 Å². The van der Waals surface area contributed by atoms with Gasteiger partial charge in [-0.3, -0.25) is 0 Å². The summed E-state index contributed by atoms with van der Waals surface area (Å²) in [6.45, 7) is 0. The highest BCUT2D eigenvalue weighted by Crippen LogP contribution is 2.29. The highest BCUT2D eigenvalue weighted by molar-refractivity contribution is 7.18. The quantitative estimate of drug-likeness (QED) is 0.244. The number of ether oxygens (including phenoxy) is 1. The molecular weight excluding hydrogens is 449 g/mol. The summed E-state index contributed by atoms with van der Waals surface area (Å²) in [4.78, 5) is 10.7. The third-order valence-electron chi connectivity index (χ3n) is 3.86. The molecule has 1 heterocycles. The molecule has 0 bridgehead atoms. The molecule has 130 valence electrons. The number of halogens is 1. The first-order chi connectivity index (χ1) is 11.6. The summed E-state index contributed by atoms with van der Waals surface area (Å²) in [6.07, 6.45) is 4.12. The number of aryl methyl sites for hydroxylation is 1. The van der Waals surface area contributed by atoms with Crippen LogP contribution in [-0.4, -0.2) is 14.2 Å². The van der Waals surface area contributed by atoms with Crippen molar-refractivity contribution in [3.8, 4) is 5.75 Å². The molecule has 0 amide bonds. The van der Waals surface area contributed by atoms with Crippen LogP contribution in [0.4, 0.5) is 5.69 Å². The molecule has 0 N–H and O–H groups in total. The molecular formula is C18H18IN3O2S. The lowest BCUT2D eigenvalue weighted by molar-refractivity contribution is -0.642. The van der Waals surface area contributed by atoms with Gasteiger partial charge in [-0.05, 0) is 29.8 Å². The Bertz CT molecular complexity index is 924. The van der Waals surface area contributed by atoms with E-state index < -0.39 is 0 Å². The number of hydrogen-bond acceptors (Lipinski definition) is 4. The minimum absolute atomic E-state index is 0. The van der Waals surface area contributed by atoms with Gasteiger partial charge in [-0.25, -0.2) is 5.01 Å². The van der Waals surface area contributed by atoms with E-state index in [2.05, 4.69) is 35.1 Å². The number of fused-ring (bicyclic) bond motifs is 1. The van der Waals surface area contributed by atoms with Gasteiger partial charge in [0.1, 0.15) is 23.2 Å². The molecule has 0 radical (unpaired) electrons. The Morgan fingerprint density at radius 1 is 1.20 bits per heavy atom. The van der Waals surface area contributed by atoms with Crippen LogP contribution in [0.3, 0.4) is 0 Å². The van der Waals surface area contributed by atoms with Gasteiger partial charge in [-0.15, -0.1) is 4.91 Å². The SMILES string of the molecule is COc1cc(/C=C/c2sc3ccccc3[n+]2C)ccc1N(C)N=O.[I-]. The number of para-hydroxylation sites is 1. The van der Waals surface area contributed by atoms with Crippen LogP contribution < -0.4 is 38.3 Å². The van der Waals surface area contributed by atoms with E-state index in [4.69, 9.17) is 4.74 Å². The van der Waals surface area contributed by atoms with Crippen LogP contribution in [0.2, 0.25) is 0 Å². The van der Waals surface area contributed by atoms with E-state index in [0.717, 1.165) is 10.6 Å². The van der Waals surface area contributed by atoms with E-state index in [1.54, 1.807) is 25.5 Å². The fourth-order valence-corrected chi connectivity index (χ4v) is 3.60. The number of anilines is 1. The first kappa shape index (κ1) is 19.3. The van der Waals surface area contributed by atoms with Crippen molar-refractivity contribution in [1.29, 1.82) is 0 Å². The Balaban J connectivity index is 0.00000225. The zero-order chi connectivity index (χ0) is 17.1. The van der Waals surface area contributed by atoms with E-state index in [0.29, 0.717) is 11.4 Å². The lowest BCUT2D eigenvalue weighted by Crippen LogP contribution is -3.00. The Morgan fingerprint density at radius 2 is 1.96 bits per heavy atom. The van der Waals surface area contributed by atoms with Gasteiger partial charge in [0.25, 0.3) is 5.01 Å². The molecule has 3 rings (SSSR count). The summed E-state index contributed by atoms with van der Waals surface area (Å²) < 4.78 is 8.78. The predicted octanol–water partition coefficient (Wildman–Crippen LogP) is 1.03. The number of rotatable bonds is 5. The molecule has 0 saturated carbocycles. The van der Waals surface area contributed by atoms with Gasteiger partial charge in [0.15, 0.2) is 0 Å². The smallest absolute Gasteiger partial charge is 0.262 e. The molecule has 3 aromatic rings. The number of nitrogens with zero attached hydrogens (tertiary/aromatic N) is 3. The van der Waals surface area contributed by atoms with Crippen molar-refractivity contribution in [3.05, 3.63) is 57.9 Å². The van der Waals surface area contributed by atoms with Crippen LogP contribution in [0.1, 0.15) is 10.6 Å². The summed E-state index contributed by atoms with van der Waals surface area (Å²) in [6, 6.07) is 14.0. The average Bonchev–Trinajstić information content (AvgIpc) is 2.95. The van der Waals surface area contributed by atoms with Gasteiger partial charge in [0.05, 0.1) is 12.4 Å². The molecule has 0 unspecified atom stereocenters. The number of methoxy groups -OCH3 is 1. The van der Waals surface area contributed by atoms with Gasteiger partial charge < -0.3 is 28.7 Å². The molecule has 0 spiro atoms. The first-order valence-electron chi connectivity index (χ1n) is 7.44. The molecule has 0 saturated heterocycles. The van der Waals surface area contributed by atoms with Crippen molar-refractivity contribution in [3.63, 3.8) is 0 Å². The molecule has 5 nitrogen and oxygen atoms in total. The fraction of sp³-hybridized carbons (Fsp3) is 0.167. The van der Waals surface area contributed by atoms with Crippen LogP contribution in [0.25, 0.3) is 22.4 Å². The van der Waals surface area contributed by atoms with Crippen molar-refractivity contribution >= 4 is 39.4 Å². The Hall–Kier alpha value is -2.00. The number of hydrogen-bond donors (Lipinski definition) is 0. The second-order valence-electron chi connectivity index (χ2n) is 5.34. The normalized spacial score (nSPS) is 10.7. The lowest BCUT2D eigenvalue weighted by Gasteiger charge is -2.13. The summed E-state index contributed by atoms with van der Waals surface area (Å²) >= 11 is 1.75. The van der Waals surface area contributed by atoms with Crippen LogP contribution in [0, 0.1) is 4.91 Å². The van der Waals surface area contributed by atoms with Crippen molar-refractivity contribution in [2.24, 2.45) is 12.3 Å². The van der Waals surface area contributed by atoms with Gasteiger partial charge in [0, 0.05) is 19.2 Å². The van der Waals surface area contributed by atoms with E-state index in [9.17, 15) is 4.91 Å². The van der Waals surface area contributed by atoms with Crippen molar-refractivity contribution in [2.75, 3.05) is 19.2 Å². The molecule has 0 aliphatic heterocycles. The summed E-state index contributed by atoms with van der Waals surface area (Å²) in [5.41, 5.74) is 2.85. The van der Waals surface area contributed by atoms with Crippen LogP contribution in [0.15, 0.2) is 47.8 Å². The van der Waals surface area contributed by atoms with E-state index in [1.165, 1.54) is 15.2 Å². The topological polar surface area (TPSA) is 45.8 Å². The zero-order valence-electron chi connectivity index (χ0n) is 14.1. The van der Waals surface area contributed by atoms with E-state index in [-0.39, 0.29) is 24.0 Å². The summed E-state index contributed by atoms with van der Waals surface area (Å²) in [5, 5.41) is 5.32. The Morgan fingerprint density at radius 3 is 2.64 bits per heavy atom. The second kappa shape index (κ2) is 8.39. The molecule has 0 aliphatic carbocycles. The third-order valence-corrected chi connectivity index (χ3v) is 5.05. The predicted molar refractivity (Wildman–Crippen MR) is 99.1 cm³/mol. The summed E-state index contributed by atoms with van der Waals surface area (Å²) in [7, 11) is 5.24. The summed E-state index contributed by atoms with van der Waals surface area (Å²) in [5.74, 6) is 0.611. The molecule has 0 fully saturated rings. The van der Waals surface area contributed by atoms with Gasteiger partial charge in [0.2, 0.25) is 5.52 Å². The molecule has 25 heavy (non-hydrogen) atoms. The number of nitroso groups, excluding NO2 is 1. The maximum absolute atomic E-state index is 10.7. The Labute approximate surface area is 167 Å². The first-order valence-corrected chi connectivity index (χ1v) is 8.26. The van der Waals surface area contributed by atoms with Crippen LogP contribution in [-0.2, 0) is 7.05 Å². The number of benzene rings is 2. The molecule has 7 heteroatoms. The second-order valence-corrected chi connectivity index (χ2v) is 6.40. The van der Waals surface area contributed by atoms with Gasteiger partial charge in [-0.2, -0.15) is 4.57 Å². The number of aromatic nitrogens is 1. The monoisotopic (exact) mass is 467 g/mol. The third kappa shape index (κ3) is 3.98. The molecule has 2 aromatic carbocycles. The van der Waals surface area contributed by atoms with Crippen LogP contribution >= 0.6 is 11.3 Å². The molecule has 0 atom stereocenters. The zero-order valence-corrected chi connectivity index (χ0v) is 17.1. The highest BCUT2D eigenvalue weighted by Gasteiger charge is 2.13. The average molecular weight is 467 g/mol. The largest absolute Gasteiger partial charge is 1.00 e. The molecule has 0 aliphatic rings. The van der Waals surface area contributed by atoms with E-state index >= 15 is 0 Å².